The Morgan fingerprint density at radius 1 is 1.18 bits per heavy atom. The second-order valence-electron chi connectivity index (χ2n) is 4.96. The minimum atomic E-state index is -2.42. The molecule has 0 spiro atoms. The summed E-state index contributed by atoms with van der Waals surface area (Å²) in [4.78, 5) is 14.6. The van der Waals surface area contributed by atoms with Crippen molar-refractivity contribution < 1.29 is 17.9 Å². The van der Waals surface area contributed by atoms with Gasteiger partial charge in [0, 0.05) is 20.1 Å². The molecule has 0 unspecified atom stereocenters. The predicted molar refractivity (Wildman–Crippen MR) is 66.7 cm³/mol. The lowest BCUT2D eigenvalue weighted by atomic mass is 10.2. The Kier molecular flexibility index (Phi) is 6.48. The first-order valence-electron chi connectivity index (χ1n) is 5.36. The highest BCUT2D eigenvalue weighted by Gasteiger charge is 2.19. The van der Waals surface area contributed by atoms with Crippen molar-refractivity contribution in [3.05, 3.63) is 0 Å². The second-order valence-corrected chi connectivity index (χ2v) is 5.90. The van der Waals surface area contributed by atoms with Crippen LogP contribution < -0.4 is 0 Å². The molecule has 0 aromatic heterocycles. The third-order valence-corrected chi connectivity index (χ3v) is 2.59. The van der Waals surface area contributed by atoms with E-state index in [4.69, 9.17) is 4.74 Å². The average Bonchev–Trinajstić information content (AvgIpc) is 2.10. The molecule has 1 amide bonds. The monoisotopic (exact) mass is 266 g/mol. The number of thiol groups is 1. The van der Waals surface area contributed by atoms with Crippen LogP contribution in [0.1, 0.15) is 20.8 Å². The molecule has 0 aliphatic rings. The van der Waals surface area contributed by atoms with Crippen molar-refractivity contribution in [3.8, 4) is 0 Å². The minimum Gasteiger partial charge on any atom is -0.444 e. The van der Waals surface area contributed by atoms with Gasteiger partial charge in [0.25, 0.3) is 0 Å². The molecule has 0 heterocycles. The van der Waals surface area contributed by atoms with Gasteiger partial charge in [0.05, 0.1) is 5.88 Å². The number of rotatable bonds is 5. The predicted octanol–water partition coefficient (Wildman–Crippen LogP) is 0.354. The molecule has 0 aliphatic carbocycles. The van der Waals surface area contributed by atoms with Crippen LogP contribution in [-0.2, 0) is 15.4 Å². The van der Waals surface area contributed by atoms with E-state index >= 15 is 0 Å². The Bertz CT molecular complexity index is 315. The first-order chi connectivity index (χ1) is 7.61. The maximum Gasteiger partial charge on any atom is 0.410 e. The summed E-state index contributed by atoms with van der Waals surface area (Å²) in [5, 5.41) is 0. The van der Waals surface area contributed by atoms with Gasteiger partial charge in [-0.25, -0.2) is 13.2 Å². The fourth-order valence-electron chi connectivity index (χ4n) is 1.02. The van der Waals surface area contributed by atoms with E-state index in [1.165, 1.54) is 4.90 Å². The molecular weight excluding hydrogens is 244 g/mol. The van der Waals surface area contributed by atoms with Crippen molar-refractivity contribution in [3.63, 3.8) is 0 Å². The first-order valence-corrected chi connectivity index (χ1v) is 6.72. The van der Waals surface area contributed by atoms with Gasteiger partial charge in [-0.05, 0) is 27.8 Å². The van der Waals surface area contributed by atoms with E-state index < -0.39 is 22.4 Å². The Hall–Kier alpha value is -0.820. The van der Waals surface area contributed by atoms with Crippen LogP contribution in [-0.4, -0.2) is 63.0 Å². The third kappa shape index (κ3) is 8.93. The zero-order valence-electron chi connectivity index (χ0n) is 11.1. The quantitative estimate of drug-likeness (QED) is 0.728. The van der Waals surface area contributed by atoms with E-state index in [0.717, 1.165) is 0 Å². The molecule has 0 atom stereocenters. The van der Waals surface area contributed by atoms with Crippen molar-refractivity contribution >= 4 is 16.8 Å². The standard InChI is InChI=1S/C10H22N2O4S/c1-10(2,3)16-9(13)12(5)7-6-11(4)8-17(14)15/h17H,6-8H2,1-5H3. The van der Waals surface area contributed by atoms with Crippen LogP contribution in [0.4, 0.5) is 4.79 Å². The summed E-state index contributed by atoms with van der Waals surface area (Å²) < 4.78 is 26.1. The summed E-state index contributed by atoms with van der Waals surface area (Å²) in [7, 11) is 0.896. The molecule has 7 heteroatoms. The number of nitrogens with zero attached hydrogens (tertiary/aromatic N) is 2. The summed E-state index contributed by atoms with van der Waals surface area (Å²) in [6.45, 7) is 6.31. The molecular formula is C10H22N2O4S. The van der Waals surface area contributed by atoms with Crippen LogP contribution in [0.15, 0.2) is 0 Å². The average molecular weight is 266 g/mol. The number of hydrogen-bond acceptors (Lipinski definition) is 5. The lowest BCUT2D eigenvalue weighted by Crippen LogP contribution is -2.38. The fraction of sp³-hybridized carbons (Fsp3) is 0.900. The smallest absolute Gasteiger partial charge is 0.410 e. The van der Waals surface area contributed by atoms with Crippen LogP contribution in [0.25, 0.3) is 0 Å². The minimum absolute atomic E-state index is 0.00249. The molecule has 0 aromatic rings. The van der Waals surface area contributed by atoms with Gasteiger partial charge in [0.2, 0.25) is 0 Å². The number of carbonyl (C=O) groups is 1. The van der Waals surface area contributed by atoms with Gasteiger partial charge < -0.3 is 9.64 Å². The maximum absolute atomic E-state index is 11.6. The Balaban J connectivity index is 4.01. The summed E-state index contributed by atoms with van der Waals surface area (Å²) in [5.41, 5.74) is -0.518. The number of amides is 1. The maximum atomic E-state index is 11.6. The SMILES string of the molecule is CN(CCN(C)C(=O)OC(C)(C)C)C[SH](=O)=O. The normalized spacial score (nSPS) is 11.9. The van der Waals surface area contributed by atoms with Gasteiger partial charge in [0.15, 0.2) is 10.7 Å². The number of hydrogen-bond donors (Lipinski definition) is 1. The van der Waals surface area contributed by atoms with E-state index in [9.17, 15) is 13.2 Å². The van der Waals surface area contributed by atoms with E-state index in [1.807, 2.05) is 0 Å². The van der Waals surface area contributed by atoms with E-state index in [2.05, 4.69) is 0 Å². The molecule has 0 radical (unpaired) electrons. The van der Waals surface area contributed by atoms with Crippen LogP contribution in [0.3, 0.4) is 0 Å². The third-order valence-electron chi connectivity index (χ3n) is 1.88. The molecule has 0 fully saturated rings. The number of likely N-dealkylation sites (N-methyl/N-ethyl adjacent to an activating group) is 2. The van der Waals surface area contributed by atoms with Gasteiger partial charge in [-0.2, -0.15) is 0 Å². The molecule has 0 saturated carbocycles. The van der Waals surface area contributed by atoms with E-state index in [0.29, 0.717) is 13.1 Å². The van der Waals surface area contributed by atoms with E-state index in [1.54, 1.807) is 39.8 Å². The highest BCUT2D eigenvalue weighted by molar-refractivity contribution is 7.72. The first kappa shape index (κ1) is 16.2. The molecule has 0 bridgehead atoms. The van der Waals surface area contributed by atoms with Gasteiger partial charge >= 0.3 is 6.09 Å². The summed E-state index contributed by atoms with van der Waals surface area (Å²) in [6.07, 6.45) is -0.405. The Morgan fingerprint density at radius 3 is 2.12 bits per heavy atom. The highest BCUT2D eigenvalue weighted by atomic mass is 32.2. The molecule has 0 N–H and O–H groups in total. The van der Waals surface area contributed by atoms with Crippen molar-refractivity contribution in [2.24, 2.45) is 0 Å². The molecule has 0 aliphatic heterocycles. The van der Waals surface area contributed by atoms with Gasteiger partial charge in [0.1, 0.15) is 5.60 Å². The highest BCUT2D eigenvalue weighted by Crippen LogP contribution is 2.08. The van der Waals surface area contributed by atoms with Crippen molar-refractivity contribution in [1.29, 1.82) is 0 Å². The molecule has 102 valence electrons. The molecule has 0 rings (SSSR count). The van der Waals surface area contributed by atoms with Gasteiger partial charge in [-0.15, -0.1) is 0 Å². The lowest BCUT2D eigenvalue weighted by Gasteiger charge is -2.25. The Morgan fingerprint density at radius 2 is 1.71 bits per heavy atom. The summed E-state index contributed by atoms with van der Waals surface area (Å²) in [6, 6.07) is 0. The number of ether oxygens (including phenoxy) is 1. The summed E-state index contributed by atoms with van der Waals surface area (Å²) in [5.74, 6) is -0.00249. The largest absolute Gasteiger partial charge is 0.444 e. The van der Waals surface area contributed by atoms with Crippen LogP contribution in [0.5, 0.6) is 0 Å². The van der Waals surface area contributed by atoms with E-state index in [-0.39, 0.29) is 5.88 Å². The van der Waals surface area contributed by atoms with Gasteiger partial charge in [-0.1, -0.05) is 0 Å². The van der Waals surface area contributed by atoms with Crippen LogP contribution in [0, 0.1) is 0 Å². The van der Waals surface area contributed by atoms with Gasteiger partial charge in [-0.3, -0.25) is 4.90 Å². The second kappa shape index (κ2) is 6.80. The molecule has 0 saturated heterocycles. The Labute approximate surface area is 104 Å². The fourth-order valence-corrected chi connectivity index (χ4v) is 1.56. The van der Waals surface area contributed by atoms with Crippen molar-refractivity contribution in [2.45, 2.75) is 26.4 Å². The lowest BCUT2D eigenvalue weighted by molar-refractivity contribution is 0.0289. The molecule has 0 aromatic carbocycles. The van der Waals surface area contributed by atoms with Crippen LogP contribution >= 0.6 is 0 Å². The molecule has 17 heavy (non-hydrogen) atoms. The molecule has 6 nitrogen and oxygen atoms in total. The van der Waals surface area contributed by atoms with Crippen LogP contribution in [0.2, 0.25) is 0 Å². The zero-order chi connectivity index (χ0) is 13.6. The van der Waals surface area contributed by atoms with Crippen molar-refractivity contribution in [1.82, 2.24) is 9.80 Å². The zero-order valence-corrected chi connectivity index (χ0v) is 12.0. The number of carbonyl (C=O) groups excluding carboxylic acids is 1. The summed E-state index contributed by atoms with van der Waals surface area (Å²) >= 11 is 0. The topological polar surface area (TPSA) is 66.9 Å². The van der Waals surface area contributed by atoms with Crippen molar-refractivity contribution in [2.75, 3.05) is 33.1 Å².